The molecule has 0 aliphatic carbocycles. The minimum Gasteiger partial charge on any atom is -0.495 e. The number of benzene rings is 2. The summed E-state index contributed by atoms with van der Waals surface area (Å²) in [5, 5.41) is 1.05. The monoisotopic (exact) mass is 521 g/mol. The Morgan fingerprint density at radius 2 is 1.59 bits per heavy atom. The van der Waals surface area contributed by atoms with Crippen LogP contribution in [0.3, 0.4) is 0 Å². The van der Waals surface area contributed by atoms with Crippen LogP contribution in [0.4, 0.5) is 0 Å². The molecule has 2 aliphatic heterocycles. The molecule has 5 rings (SSSR count). The van der Waals surface area contributed by atoms with E-state index in [4.69, 9.17) is 9.72 Å². The molecule has 8 nitrogen and oxygen atoms in total. The number of hydrogen-bond acceptors (Lipinski definition) is 7. The number of nitrogens with zero attached hydrogens (tertiary/aromatic N) is 3. The Hall–Kier alpha value is -2.05. The second-order valence-electron chi connectivity index (χ2n) is 8.62. The molecular weight excluding hydrogens is 494 g/mol. The van der Waals surface area contributed by atoms with Gasteiger partial charge < -0.3 is 4.74 Å². The molecule has 0 amide bonds. The SMILES string of the molecule is COc1cc(S(=O)(=O)N2CCC(c3nc4ccccc4s3)CC2)ccc1S(=O)(=O)N1CCCC1. The Bertz CT molecular complexity index is 1370. The largest absolute Gasteiger partial charge is 0.495 e. The lowest BCUT2D eigenvalue weighted by atomic mass is 9.99. The fourth-order valence-electron chi connectivity index (χ4n) is 4.65. The van der Waals surface area contributed by atoms with Gasteiger partial charge in [-0.05, 0) is 49.9 Å². The molecule has 3 heterocycles. The molecular formula is C23H27N3O5S3. The van der Waals surface area contributed by atoms with Crippen molar-refractivity contribution in [3.8, 4) is 5.75 Å². The second kappa shape index (κ2) is 9.19. The van der Waals surface area contributed by atoms with Gasteiger partial charge in [-0.2, -0.15) is 8.61 Å². The number of methoxy groups -OCH3 is 1. The van der Waals surface area contributed by atoms with Crippen molar-refractivity contribution in [2.45, 2.75) is 41.4 Å². The van der Waals surface area contributed by atoms with Crippen LogP contribution in [0.25, 0.3) is 10.2 Å². The number of piperidine rings is 1. The summed E-state index contributed by atoms with van der Waals surface area (Å²) >= 11 is 1.67. The number of para-hydroxylation sites is 1. The first kappa shape index (κ1) is 23.7. The van der Waals surface area contributed by atoms with Crippen LogP contribution in [0.15, 0.2) is 52.3 Å². The molecule has 0 radical (unpaired) electrons. The highest BCUT2D eigenvalue weighted by atomic mass is 32.2. The summed E-state index contributed by atoms with van der Waals surface area (Å²) in [5.41, 5.74) is 0.980. The van der Waals surface area contributed by atoms with Crippen LogP contribution in [-0.2, 0) is 20.0 Å². The number of thiazole rings is 1. The minimum atomic E-state index is -3.78. The molecule has 11 heteroatoms. The van der Waals surface area contributed by atoms with Gasteiger partial charge in [0.05, 0.1) is 27.2 Å². The van der Waals surface area contributed by atoms with Gasteiger partial charge in [-0.3, -0.25) is 0 Å². The molecule has 2 fully saturated rings. The van der Waals surface area contributed by atoms with E-state index in [0.717, 1.165) is 28.1 Å². The van der Waals surface area contributed by atoms with E-state index >= 15 is 0 Å². The molecule has 2 aliphatic rings. The van der Waals surface area contributed by atoms with Gasteiger partial charge in [-0.25, -0.2) is 21.8 Å². The van der Waals surface area contributed by atoms with E-state index in [-0.39, 0.29) is 21.5 Å². The first-order valence-corrected chi connectivity index (χ1v) is 15.0. The maximum Gasteiger partial charge on any atom is 0.246 e. The molecule has 0 bridgehead atoms. The Morgan fingerprint density at radius 3 is 2.26 bits per heavy atom. The summed E-state index contributed by atoms with van der Waals surface area (Å²) in [5.74, 6) is 0.281. The predicted octanol–water partition coefficient (Wildman–Crippen LogP) is 3.66. The molecule has 0 atom stereocenters. The zero-order valence-electron chi connectivity index (χ0n) is 18.9. The minimum absolute atomic E-state index is 0.00499. The quantitative estimate of drug-likeness (QED) is 0.491. The number of rotatable bonds is 6. The second-order valence-corrected chi connectivity index (χ2v) is 13.5. The summed E-state index contributed by atoms with van der Waals surface area (Å²) in [6.45, 7) is 1.71. The van der Waals surface area contributed by atoms with Gasteiger partial charge in [0, 0.05) is 38.2 Å². The lowest BCUT2D eigenvalue weighted by Crippen LogP contribution is -2.38. The van der Waals surface area contributed by atoms with E-state index in [9.17, 15) is 16.8 Å². The molecule has 34 heavy (non-hydrogen) atoms. The fraction of sp³-hybridized carbons (Fsp3) is 0.435. The zero-order valence-corrected chi connectivity index (χ0v) is 21.3. The molecule has 0 unspecified atom stereocenters. The summed E-state index contributed by atoms with van der Waals surface area (Å²) < 4.78 is 62.1. The van der Waals surface area contributed by atoms with Gasteiger partial charge in [-0.1, -0.05) is 12.1 Å². The molecule has 2 saturated heterocycles. The maximum atomic E-state index is 13.4. The van der Waals surface area contributed by atoms with Crippen LogP contribution < -0.4 is 4.74 Å². The van der Waals surface area contributed by atoms with Gasteiger partial charge in [0.25, 0.3) is 0 Å². The van der Waals surface area contributed by atoms with Crippen molar-refractivity contribution >= 4 is 41.6 Å². The third-order valence-electron chi connectivity index (χ3n) is 6.57. The average molecular weight is 522 g/mol. The Labute approximate surface area is 204 Å². The van der Waals surface area contributed by atoms with Gasteiger partial charge in [0.15, 0.2) is 0 Å². The third-order valence-corrected chi connectivity index (χ3v) is 11.6. The van der Waals surface area contributed by atoms with Crippen molar-refractivity contribution in [1.29, 1.82) is 0 Å². The van der Waals surface area contributed by atoms with Crippen LogP contribution in [0.2, 0.25) is 0 Å². The Morgan fingerprint density at radius 1 is 0.912 bits per heavy atom. The maximum absolute atomic E-state index is 13.4. The van der Waals surface area contributed by atoms with Crippen LogP contribution in [0.1, 0.15) is 36.6 Å². The molecule has 1 aromatic heterocycles. The molecule has 182 valence electrons. The van der Waals surface area contributed by atoms with E-state index in [0.29, 0.717) is 39.0 Å². The van der Waals surface area contributed by atoms with E-state index in [1.54, 1.807) is 11.3 Å². The summed E-state index contributed by atoms with van der Waals surface area (Å²) in [4.78, 5) is 4.79. The van der Waals surface area contributed by atoms with Gasteiger partial charge in [-0.15, -0.1) is 11.3 Å². The average Bonchev–Trinajstić information content (AvgIpc) is 3.54. The highest BCUT2D eigenvalue weighted by Gasteiger charge is 2.34. The van der Waals surface area contributed by atoms with Gasteiger partial charge in [0.1, 0.15) is 10.6 Å². The van der Waals surface area contributed by atoms with Crippen LogP contribution in [0.5, 0.6) is 5.75 Å². The van der Waals surface area contributed by atoms with Crippen molar-refractivity contribution in [3.63, 3.8) is 0 Å². The third kappa shape index (κ3) is 4.24. The molecule has 2 aromatic carbocycles. The number of fused-ring (bicyclic) bond motifs is 1. The predicted molar refractivity (Wildman–Crippen MR) is 131 cm³/mol. The number of aromatic nitrogens is 1. The van der Waals surface area contributed by atoms with Gasteiger partial charge >= 0.3 is 0 Å². The summed E-state index contributed by atoms with van der Waals surface area (Å²) in [7, 11) is -6.14. The number of ether oxygens (including phenoxy) is 1. The van der Waals surface area contributed by atoms with E-state index in [2.05, 4.69) is 6.07 Å². The number of hydrogen-bond donors (Lipinski definition) is 0. The van der Waals surface area contributed by atoms with Crippen molar-refractivity contribution in [2.75, 3.05) is 33.3 Å². The first-order valence-electron chi connectivity index (χ1n) is 11.3. The normalized spacial score (nSPS) is 19.1. The van der Waals surface area contributed by atoms with Crippen molar-refractivity contribution in [3.05, 3.63) is 47.5 Å². The zero-order chi connectivity index (χ0) is 23.9. The van der Waals surface area contributed by atoms with Crippen LogP contribution in [-0.4, -0.2) is 63.7 Å². The van der Waals surface area contributed by atoms with E-state index < -0.39 is 20.0 Å². The standard InChI is InChI=1S/C23H27N3O5S3/c1-31-20-16-18(8-9-22(20)34(29,30)25-12-4-5-13-25)33(27,28)26-14-10-17(11-15-26)23-24-19-6-2-3-7-21(19)32-23/h2-3,6-9,16-17H,4-5,10-15H2,1H3. The topological polar surface area (TPSA) is 96.9 Å². The van der Waals surface area contributed by atoms with Crippen LogP contribution >= 0.6 is 11.3 Å². The lowest BCUT2D eigenvalue weighted by molar-refractivity contribution is 0.319. The number of sulfonamides is 2. The first-order chi connectivity index (χ1) is 16.3. The highest BCUT2D eigenvalue weighted by Crippen LogP contribution is 2.36. The highest BCUT2D eigenvalue weighted by molar-refractivity contribution is 7.89. The van der Waals surface area contributed by atoms with Crippen molar-refractivity contribution in [2.24, 2.45) is 0 Å². The Balaban J connectivity index is 1.34. The smallest absolute Gasteiger partial charge is 0.246 e. The van der Waals surface area contributed by atoms with Crippen molar-refractivity contribution in [1.82, 2.24) is 13.6 Å². The summed E-state index contributed by atoms with van der Waals surface area (Å²) in [6.07, 6.45) is 3.02. The van der Waals surface area contributed by atoms with Crippen molar-refractivity contribution < 1.29 is 21.6 Å². The molecule has 0 spiro atoms. The Kier molecular flexibility index (Phi) is 6.40. The molecule has 0 saturated carbocycles. The van der Waals surface area contributed by atoms with Gasteiger partial charge in [0.2, 0.25) is 20.0 Å². The summed E-state index contributed by atoms with van der Waals surface area (Å²) in [6, 6.07) is 12.1. The fourth-order valence-corrected chi connectivity index (χ4v) is 8.92. The molecule has 0 N–H and O–H groups in total. The lowest BCUT2D eigenvalue weighted by Gasteiger charge is -2.30. The van der Waals surface area contributed by atoms with E-state index in [1.165, 1.54) is 33.9 Å². The van der Waals surface area contributed by atoms with E-state index in [1.807, 2.05) is 18.2 Å². The van der Waals surface area contributed by atoms with Crippen LogP contribution in [0, 0.1) is 0 Å². The molecule has 3 aromatic rings.